The molecule has 1 atom stereocenters. The van der Waals surface area contributed by atoms with E-state index in [0.717, 1.165) is 15.3 Å². The molecule has 35 heavy (non-hydrogen) atoms. The van der Waals surface area contributed by atoms with E-state index in [-0.39, 0.29) is 17.3 Å². The summed E-state index contributed by atoms with van der Waals surface area (Å²) >= 11 is 0. The second-order valence-electron chi connectivity index (χ2n) is 8.34. The molecule has 9 nitrogen and oxygen atoms in total. The van der Waals surface area contributed by atoms with Crippen LogP contribution in [0.5, 0.6) is 0 Å². The highest BCUT2D eigenvalue weighted by Crippen LogP contribution is 2.34. The lowest BCUT2D eigenvalue weighted by atomic mass is 10.1. The number of anilines is 1. The average Bonchev–Trinajstić information content (AvgIpc) is 3.61. The second kappa shape index (κ2) is 9.05. The first-order valence-electron chi connectivity index (χ1n) is 11.0. The van der Waals surface area contributed by atoms with Crippen LogP contribution >= 0.6 is 0 Å². The minimum absolute atomic E-state index is 0.0837. The van der Waals surface area contributed by atoms with Crippen molar-refractivity contribution in [3.05, 3.63) is 84.5 Å². The van der Waals surface area contributed by atoms with E-state index in [1.54, 1.807) is 24.5 Å². The number of carbonyl (C=O) groups is 1. The van der Waals surface area contributed by atoms with Crippen molar-refractivity contribution >= 4 is 38.3 Å². The zero-order chi connectivity index (χ0) is 24.6. The predicted molar refractivity (Wildman–Crippen MR) is 131 cm³/mol. The maximum absolute atomic E-state index is 13.2. The van der Waals surface area contributed by atoms with E-state index in [0.29, 0.717) is 29.3 Å². The van der Waals surface area contributed by atoms with Crippen molar-refractivity contribution in [2.24, 2.45) is 5.10 Å². The summed E-state index contributed by atoms with van der Waals surface area (Å²) in [5.74, 6) is 0.929. The van der Waals surface area contributed by atoms with Gasteiger partial charge in [-0.1, -0.05) is 24.3 Å². The molecule has 0 saturated heterocycles. The number of benzene rings is 2. The molecular formula is C25H24N4O5S. The van der Waals surface area contributed by atoms with Gasteiger partial charge in [0.2, 0.25) is 10.0 Å². The molecule has 1 aliphatic heterocycles. The Morgan fingerprint density at radius 2 is 1.94 bits per heavy atom. The third-order valence-corrected chi connectivity index (χ3v) is 7.61. The molecule has 0 aliphatic carbocycles. The van der Waals surface area contributed by atoms with Crippen LogP contribution < -0.4 is 5.32 Å². The SMILES string of the molecule is CN(C)S(=O)(=O)c1cccc(NCC(=O)N2N=C(c3cc4ccccc4o3)CC2c2ccco2)c1. The molecule has 4 aromatic rings. The monoisotopic (exact) mass is 492 g/mol. The van der Waals surface area contributed by atoms with Crippen LogP contribution in [0.2, 0.25) is 0 Å². The topological polar surface area (TPSA) is 108 Å². The predicted octanol–water partition coefficient (Wildman–Crippen LogP) is 4.07. The van der Waals surface area contributed by atoms with Crippen molar-refractivity contribution in [2.45, 2.75) is 17.4 Å². The summed E-state index contributed by atoms with van der Waals surface area (Å²) in [5, 5.41) is 9.96. The van der Waals surface area contributed by atoms with E-state index < -0.39 is 16.1 Å². The summed E-state index contributed by atoms with van der Waals surface area (Å²) < 4.78 is 37.6. The second-order valence-corrected chi connectivity index (χ2v) is 10.5. The maximum atomic E-state index is 13.2. The number of para-hydroxylation sites is 1. The van der Waals surface area contributed by atoms with Gasteiger partial charge in [0.25, 0.3) is 5.91 Å². The van der Waals surface area contributed by atoms with Crippen molar-refractivity contribution in [3.8, 4) is 0 Å². The molecule has 0 bridgehead atoms. The first kappa shape index (κ1) is 22.9. The largest absolute Gasteiger partial charge is 0.467 e. The maximum Gasteiger partial charge on any atom is 0.262 e. The third kappa shape index (κ3) is 4.45. The van der Waals surface area contributed by atoms with Crippen molar-refractivity contribution in [1.82, 2.24) is 9.31 Å². The van der Waals surface area contributed by atoms with E-state index in [4.69, 9.17) is 8.83 Å². The minimum Gasteiger partial charge on any atom is -0.467 e. The molecule has 0 radical (unpaired) electrons. The molecule has 2 aromatic heterocycles. The highest BCUT2D eigenvalue weighted by atomic mass is 32.2. The Kier molecular flexibility index (Phi) is 5.91. The molecule has 1 unspecified atom stereocenters. The number of nitrogens with one attached hydrogen (secondary N) is 1. The lowest BCUT2D eigenvalue weighted by Gasteiger charge is -2.20. The quantitative estimate of drug-likeness (QED) is 0.417. The fourth-order valence-electron chi connectivity index (χ4n) is 3.95. The number of hydrogen-bond donors (Lipinski definition) is 1. The summed E-state index contributed by atoms with van der Waals surface area (Å²) in [5.41, 5.74) is 1.91. The van der Waals surface area contributed by atoms with E-state index >= 15 is 0 Å². The first-order chi connectivity index (χ1) is 16.8. The standard InChI is InChI=1S/C25H24N4O5S/c1-28(2)35(31,32)19-9-5-8-18(14-19)26-16-25(30)29-21(23-11-6-12-33-23)15-20(27-29)24-13-17-7-3-4-10-22(17)34-24/h3-14,21,26H,15-16H2,1-2H3. The molecule has 180 valence electrons. The Hall–Kier alpha value is -3.89. The van der Waals surface area contributed by atoms with Crippen molar-refractivity contribution in [3.63, 3.8) is 0 Å². The van der Waals surface area contributed by atoms with Gasteiger partial charge in [0.1, 0.15) is 23.1 Å². The van der Waals surface area contributed by atoms with Crippen LogP contribution in [-0.2, 0) is 14.8 Å². The highest BCUT2D eigenvalue weighted by Gasteiger charge is 2.35. The molecule has 0 saturated carbocycles. The van der Waals surface area contributed by atoms with E-state index in [1.807, 2.05) is 36.4 Å². The number of nitrogens with zero attached hydrogens (tertiary/aromatic N) is 3. The molecule has 10 heteroatoms. The van der Waals surface area contributed by atoms with Crippen molar-refractivity contribution in [2.75, 3.05) is 26.0 Å². The van der Waals surface area contributed by atoms with Gasteiger partial charge in [-0.05, 0) is 42.5 Å². The van der Waals surface area contributed by atoms with Gasteiger partial charge in [0.05, 0.1) is 17.7 Å². The van der Waals surface area contributed by atoms with Gasteiger partial charge < -0.3 is 14.2 Å². The van der Waals surface area contributed by atoms with Crippen LogP contribution in [-0.4, -0.2) is 50.0 Å². The summed E-state index contributed by atoms with van der Waals surface area (Å²) in [4.78, 5) is 13.4. The molecule has 0 spiro atoms. The van der Waals surface area contributed by atoms with E-state index in [1.165, 1.54) is 31.2 Å². The fourth-order valence-corrected chi connectivity index (χ4v) is 4.90. The number of amides is 1. The number of sulfonamides is 1. The van der Waals surface area contributed by atoms with Crippen LogP contribution in [0.3, 0.4) is 0 Å². The lowest BCUT2D eigenvalue weighted by molar-refractivity contribution is -0.131. The molecular weight excluding hydrogens is 468 g/mol. The van der Waals surface area contributed by atoms with E-state index in [2.05, 4.69) is 10.4 Å². The number of rotatable bonds is 7. The van der Waals surface area contributed by atoms with Crippen LogP contribution in [0.15, 0.2) is 91.8 Å². The summed E-state index contributed by atoms with van der Waals surface area (Å²) in [6.07, 6.45) is 2.00. The van der Waals surface area contributed by atoms with Crippen LogP contribution in [0, 0.1) is 0 Å². The van der Waals surface area contributed by atoms with Crippen LogP contribution in [0.4, 0.5) is 5.69 Å². The average molecular weight is 493 g/mol. The van der Waals surface area contributed by atoms with Gasteiger partial charge in [-0.25, -0.2) is 17.7 Å². The van der Waals surface area contributed by atoms with Gasteiger partial charge in [-0.3, -0.25) is 4.79 Å². The number of hydrazone groups is 1. The van der Waals surface area contributed by atoms with Gasteiger partial charge >= 0.3 is 0 Å². The van der Waals surface area contributed by atoms with Gasteiger partial charge in [-0.15, -0.1) is 0 Å². The molecule has 2 aromatic carbocycles. The van der Waals surface area contributed by atoms with Crippen molar-refractivity contribution in [1.29, 1.82) is 0 Å². The molecule has 1 amide bonds. The lowest BCUT2D eigenvalue weighted by Crippen LogP contribution is -2.32. The zero-order valence-corrected chi connectivity index (χ0v) is 20.0. The number of furan rings is 2. The Morgan fingerprint density at radius 1 is 1.11 bits per heavy atom. The smallest absolute Gasteiger partial charge is 0.262 e. The molecule has 0 fully saturated rings. The van der Waals surface area contributed by atoms with Gasteiger partial charge in [-0.2, -0.15) is 5.10 Å². The van der Waals surface area contributed by atoms with Gasteiger partial charge in [0, 0.05) is 31.6 Å². The summed E-state index contributed by atoms with van der Waals surface area (Å²) in [6, 6.07) is 19.1. The fraction of sp³-hybridized carbons (Fsp3) is 0.200. The molecule has 5 rings (SSSR count). The third-order valence-electron chi connectivity index (χ3n) is 5.80. The molecule has 1 aliphatic rings. The minimum atomic E-state index is -3.59. The summed E-state index contributed by atoms with van der Waals surface area (Å²) in [6.45, 7) is -0.0837. The van der Waals surface area contributed by atoms with E-state index in [9.17, 15) is 13.2 Å². The number of carbonyl (C=O) groups excluding carboxylic acids is 1. The Bertz CT molecular complexity index is 1470. The van der Waals surface area contributed by atoms with Crippen molar-refractivity contribution < 1.29 is 22.0 Å². The highest BCUT2D eigenvalue weighted by molar-refractivity contribution is 7.89. The number of hydrogen-bond acceptors (Lipinski definition) is 7. The first-order valence-corrected chi connectivity index (χ1v) is 12.5. The molecule has 1 N–H and O–H groups in total. The zero-order valence-electron chi connectivity index (χ0n) is 19.2. The number of fused-ring (bicyclic) bond motifs is 1. The normalized spacial score (nSPS) is 16.1. The van der Waals surface area contributed by atoms with Crippen LogP contribution in [0.25, 0.3) is 11.0 Å². The summed E-state index contributed by atoms with van der Waals surface area (Å²) in [7, 11) is -0.646. The Balaban J connectivity index is 1.38. The van der Waals surface area contributed by atoms with Crippen LogP contribution in [0.1, 0.15) is 24.0 Å². The Labute approximate surface area is 202 Å². The Morgan fingerprint density at radius 3 is 2.69 bits per heavy atom. The van der Waals surface area contributed by atoms with Gasteiger partial charge in [0.15, 0.2) is 5.76 Å². The molecule has 3 heterocycles.